The molecule has 0 unspecified atom stereocenters. The Kier molecular flexibility index (Phi) is 5.77. The minimum Gasteiger partial charge on any atom is -0.340 e. The summed E-state index contributed by atoms with van der Waals surface area (Å²) in [6, 6.07) is 12.8. The molecule has 0 spiro atoms. The second-order valence-corrected chi connectivity index (χ2v) is 5.55. The van der Waals surface area contributed by atoms with E-state index < -0.39 is 0 Å². The standard InChI is InChI=1S/C20H21N2.HI/c1-4-13-22-16(2)18(19-7-5-6-8-20(19)22)10-9-17-11-14-21(3)15-12-17;/h4-12,14-15H,1,13H2,2-3H3;1H/q+1;. The van der Waals surface area contributed by atoms with Gasteiger partial charge in [-0.2, -0.15) is 0 Å². The van der Waals surface area contributed by atoms with Crippen LogP contribution in [0.25, 0.3) is 23.1 Å². The molecule has 0 saturated carbocycles. The Labute approximate surface area is 154 Å². The summed E-state index contributed by atoms with van der Waals surface area (Å²) in [6.45, 7) is 6.88. The lowest BCUT2D eigenvalue weighted by atomic mass is 10.1. The summed E-state index contributed by atoms with van der Waals surface area (Å²) in [6.07, 6.45) is 10.5. The molecular formula is C20H22IN2+. The van der Waals surface area contributed by atoms with Crippen molar-refractivity contribution in [2.45, 2.75) is 13.5 Å². The topological polar surface area (TPSA) is 8.81 Å². The summed E-state index contributed by atoms with van der Waals surface area (Å²) in [5, 5.41) is 1.29. The van der Waals surface area contributed by atoms with Crippen LogP contribution in [0.4, 0.5) is 0 Å². The van der Waals surface area contributed by atoms with Gasteiger partial charge in [0.15, 0.2) is 12.4 Å². The molecule has 0 aliphatic heterocycles. The van der Waals surface area contributed by atoms with E-state index in [0.29, 0.717) is 0 Å². The Morgan fingerprint density at radius 1 is 1.09 bits per heavy atom. The van der Waals surface area contributed by atoms with E-state index in [9.17, 15) is 0 Å². The molecule has 1 aromatic carbocycles. The van der Waals surface area contributed by atoms with Crippen molar-refractivity contribution in [1.82, 2.24) is 4.57 Å². The summed E-state index contributed by atoms with van der Waals surface area (Å²) in [5.74, 6) is 0. The number of halogens is 1. The Morgan fingerprint density at radius 2 is 1.78 bits per heavy atom. The highest BCUT2D eigenvalue weighted by Crippen LogP contribution is 2.27. The van der Waals surface area contributed by atoms with Crippen molar-refractivity contribution >= 4 is 47.0 Å². The van der Waals surface area contributed by atoms with E-state index in [1.807, 2.05) is 17.7 Å². The summed E-state index contributed by atoms with van der Waals surface area (Å²) in [5.41, 5.74) is 5.03. The van der Waals surface area contributed by atoms with Crippen molar-refractivity contribution in [3.63, 3.8) is 0 Å². The molecular weight excluding hydrogens is 395 g/mol. The number of aromatic nitrogens is 2. The number of allylic oxidation sites excluding steroid dienone is 1. The van der Waals surface area contributed by atoms with E-state index in [1.54, 1.807) is 0 Å². The van der Waals surface area contributed by atoms with Gasteiger partial charge in [-0.15, -0.1) is 30.6 Å². The molecule has 3 aromatic rings. The minimum absolute atomic E-state index is 0. The number of fused-ring (bicyclic) bond motifs is 1. The summed E-state index contributed by atoms with van der Waals surface area (Å²) < 4.78 is 4.35. The van der Waals surface area contributed by atoms with Crippen molar-refractivity contribution in [2.24, 2.45) is 7.05 Å². The Balaban J connectivity index is 0.00000192. The minimum atomic E-state index is 0. The van der Waals surface area contributed by atoms with Gasteiger partial charge in [-0.3, -0.25) is 0 Å². The SMILES string of the molecule is C=CCn1c(C)c(/C=C/c2cc[n+](C)cc2)c2ccccc21.I. The van der Waals surface area contributed by atoms with Gasteiger partial charge in [0.1, 0.15) is 7.05 Å². The first-order chi connectivity index (χ1) is 10.7. The molecule has 0 fully saturated rings. The number of aryl methyl sites for hydroxylation is 1. The number of hydrogen-bond acceptors (Lipinski definition) is 0. The van der Waals surface area contributed by atoms with Gasteiger partial charge < -0.3 is 4.57 Å². The quantitative estimate of drug-likeness (QED) is 0.329. The predicted molar refractivity (Wildman–Crippen MR) is 109 cm³/mol. The van der Waals surface area contributed by atoms with Crippen LogP contribution in [0.5, 0.6) is 0 Å². The molecule has 2 aromatic heterocycles. The molecule has 0 atom stereocenters. The van der Waals surface area contributed by atoms with Gasteiger partial charge in [-0.25, -0.2) is 4.57 Å². The molecule has 0 aliphatic carbocycles. The van der Waals surface area contributed by atoms with Crippen LogP contribution in [0, 0.1) is 6.92 Å². The highest BCUT2D eigenvalue weighted by Gasteiger charge is 2.10. The van der Waals surface area contributed by atoms with Crippen LogP contribution >= 0.6 is 24.0 Å². The first-order valence-electron chi connectivity index (χ1n) is 7.53. The predicted octanol–water partition coefficient (Wildman–Crippen LogP) is 4.75. The van der Waals surface area contributed by atoms with Gasteiger partial charge in [0, 0.05) is 40.8 Å². The lowest BCUT2D eigenvalue weighted by Crippen LogP contribution is -2.25. The van der Waals surface area contributed by atoms with Crippen LogP contribution in [0.15, 0.2) is 61.4 Å². The third kappa shape index (κ3) is 3.55. The van der Waals surface area contributed by atoms with E-state index in [2.05, 4.69) is 79.0 Å². The number of hydrogen-bond donors (Lipinski definition) is 0. The molecule has 0 bridgehead atoms. The molecule has 3 heteroatoms. The zero-order valence-electron chi connectivity index (χ0n) is 13.6. The maximum Gasteiger partial charge on any atom is 0.169 e. The van der Waals surface area contributed by atoms with Crippen LogP contribution in [0.1, 0.15) is 16.8 Å². The number of pyridine rings is 1. The average molecular weight is 417 g/mol. The second kappa shape index (κ2) is 7.59. The fraction of sp³-hybridized carbons (Fsp3) is 0.150. The lowest BCUT2D eigenvalue weighted by Gasteiger charge is -2.04. The van der Waals surface area contributed by atoms with Crippen molar-refractivity contribution in [3.05, 3.63) is 78.3 Å². The second-order valence-electron chi connectivity index (χ2n) is 5.55. The van der Waals surface area contributed by atoms with E-state index in [1.165, 1.54) is 27.7 Å². The third-order valence-electron chi connectivity index (χ3n) is 4.04. The van der Waals surface area contributed by atoms with Crippen molar-refractivity contribution in [3.8, 4) is 0 Å². The van der Waals surface area contributed by atoms with Crippen LogP contribution < -0.4 is 4.57 Å². The van der Waals surface area contributed by atoms with Crippen LogP contribution in [0.3, 0.4) is 0 Å². The van der Waals surface area contributed by atoms with Crippen molar-refractivity contribution in [2.75, 3.05) is 0 Å². The van der Waals surface area contributed by atoms with Gasteiger partial charge in [-0.05, 0) is 18.6 Å². The molecule has 118 valence electrons. The Hall–Kier alpha value is -1.88. The van der Waals surface area contributed by atoms with Gasteiger partial charge >= 0.3 is 0 Å². The van der Waals surface area contributed by atoms with Gasteiger partial charge in [-0.1, -0.05) is 36.4 Å². The highest BCUT2D eigenvalue weighted by atomic mass is 127. The summed E-state index contributed by atoms with van der Waals surface area (Å²) in [7, 11) is 2.03. The van der Waals surface area contributed by atoms with Crippen molar-refractivity contribution < 1.29 is 4.57 Å². The number of nitrogens with zero attached hydrogens (tertiary/aromatic N) is 2. The fourth-order valence-corrected chi connectivity index (χ4v) is 2.84. The van der Waals surface area contributed by atoms with E-state index in [0.717, 1.165) is 6.54 Å². The third-order valence-corrected chi connectivity index (χ3v) is 4.04. The highest BCUT2D eigenvalue weighted by molar-refractivity contribution is 14.0. The van der Waals surface area contributed by atoms with Crippen molar-refractivity contribution in [1.29, 1.82) is 0 Å². The number of rotatable bonds is 4. The zero-order chi connectivity index (χ0) is 15.5. The lowest BCUT2D eigenvalue weighted by molar-refractivity contribution is -0.671. The smallest absolute Gasteiger partial charge is 0.169 e. The molecule has 2 nitrogen and oxygen atoms in total. The zero-order valence-corrected chi connectivity index (χ0v) is 15.9. The molecule has 0 aliphatic rings. The van der Waals surface area contributed by atoms with Crippen LogP contribution in [0.2, 0.25) is 0 Å². The molecule has 0 radical (unpaired) electrons. The fourth-order valence-electron chi connectivity index (χ4n) is 2.84. The largest absolute Gasteiger partial charge is 0.340 e. The van der Waals surface area contributed by atoms with E-state index in [-0.39, 0.29) is 24.0 Å². The van der Waals surface area contributed by atoms with Crippen LogP contribution in [-0.4, -0.2) is 4.57 Å². The molecule has 0 saturated heterocycles. The van der Waals surface area contributed by atoms with Gasteiger partial charge in [0.2, 0.25) is 0 Å². The first kappa shape index (κ1) is 17.5. The number of benzene rings is 1. The maximum absolute atomic E-state index is 3.87. The molecule has 0 N–H and O–H groups in total. The van der Waals surface area contributed by atoms with Gasteiger partial charge in [0.05, 0.1) is 0 Å². The molecule has 3 rings (SSSR count). The number of para-hydroxylation sites is 1. The van der Waals surface area contributed by atoms with E-state index >= 15 is 0 Å². The van der Waals surface area contributed by atoms with Gasteiger partial charge in [0.25, 0.3) is 0 Å². The van der Waals surface area contributed by atoms with Crippen LogP contribution in [-0.2, 0) is 13.6 Å². The summed E-state index contributed by atoms with van der Waals surface area (Å²) in [4.78, 5) is 0. The normalized spacial score (nSPS) is 10.9. The first-order valence-corrected chi connectivity index (χ1v) is 7.53. The average Bonchev–Trinajstić information content (AvgIpc) is 2.80. The molecule has 2 heterocycles. The monoisotopic (exact) mass is 417 g/mol. The molecule has 23 heavy (non-hydrogen) atoms. The molecule has 0 amide bonds. The van der Waals surface area contributed by atoms with E-state index in [4.69, 9.17) is 0 Å². The maximum atomic E-state index is 3.87. The summed E-state index contributed by atoms with van der Waals surface area (Å²) >= 11 is 0. The Bertz CT molecular complexity index is 842. The Morgan fingerprint density at radius 3 is 2.48 bits per heavy atom.